The minimum absolute atomic E-state index is 0.0324. The number of carbonyl (C=O) groups excluding carboxylic acids is 4. The molecule has 0 saturated heterocycles. The first-order chi connectivity index (χ1) is 12.8. The number of ether oxygens (including phenoxy) is 3. The molecule has 0 saturated carbocycles. The molecule has 0 radical (unpaired) electrons. The normalized spacial score (nSPS) is 10.0. The third-order valence-corrected chi connectivity index (χ3v) is 3.25. The molecule has 1 N–H and O–H groups in total. The molecule has 0 spiro atoms. The molecule has 10 nitrogen and oxygen atoms in total. The van der Waals surface area contributed by atoms with E-state index in [9.17, 15) is 27.6 Å². The van der Waals surface area contributed by atoms with E-state index < -0.39 is 33.8 Å². The van der Waals surface area contributed by atoms with Crippen molar-refractivity contribution in [1.82, 2.24) is 0 Å². The van der Waals surface area contributed by atoms with Crippen molar-refractivity contribution in [3.8, 4) is 0 Å². The molecule has 0 unspecified atom stereocenters. The Morgan fingerprint density at radius 1 is 0.821 bits per heavy atom. The average molecular weight is 422 g/mol. The van der Waals surface area contributed by atoms with Crippen LogP contribution in [0.3, 0.4) is 0 Å². The second-order valence-electron chi connectivity index (χ2n) is 5.57. The zero-order valence-corrected chi connectivity index (χ0v) is 17.0. The van der Waals surface area contributed by atoms with Crippen molar-refractivity contribution < 1.29 is 46.4 Å². The lowest BCUT2D eigenvalue weighted by atomic mass is 10.3. The van der Waals surface area contributed by atoms with E-state index in [1.165, 1.54) is 20.8 Å². The maximum absolute atomic E-state index is 10.8. The molecule has 160 valence electrons. The molecule has 0 rings (SSSR count). The van der Waals surface area contributed by atoms with E-state index in [-0.39, 0.29) is 49.6 Å². The highest BCUT2D eigenvalue weighted by atomic mass is 32.2. The van der Waals surface area contributed by atoms with Gasteiger partial charge in [-0.15, -0.1) is 0 Å². The molecule has 0 aliphatic carbocycles. The van der Waals surface area contributed by atoms with Crippen LogP contribution in [-0.2, 0) is 43.5 Å². The first-order valence-corrected chi connectivity index (χ1v) is 9.62. The first kappa shape index (κ1) is 27.7. The summed E-state index contributed by atoms with van der Waals surface area (Å²) < 4.78 is 42.6. The second-order valence-corrected chi connectivity index (χ2v) is 7.14. The third kappa shape index (κ3) is 19.8. The van der Waals surface area contributed by atoms with Gasteiger partial charge >= 0.3 is 17.9 Å². The van der Waals surface area contributed by atoms with Crippen LogP contribution < -0.4 is 0 Å². The Hall–Kier alpha value is -2.53. The summed E-state index contributed by atoms with van der Waals surface area (Å²) in [6.45, 7) is 10.9. The van der Waals surface area contributed by atoms with Crippen molar-refractivity contribution in [2.45, 2.75) is 33.6 Å². The number of hydrogen-bond acceptors (Lipinski definition) is 9. The summed E-state index contributed by atoms with van der Waals surface area (Å²) in [4.78, 5) is 42.9. The number of Topliss-reactive ketones (excluding diaryl/α,β-unsaturated/α-hetero) is 1. The molecule has 0 amide bonds. The maximum Gasteiger partial charge on any atom is 0.333 e. The van der Waals surface area contributed by atoms with E-state index in [1.54, 1.807) is 0 Å². The molecule has 11 heteroatoms. The fourth-order valence-electron chi connectivity index (χ4n) is 1.20. The maximum atomic E-state index is 10.8. The van der Waals surface area contributed by atoms with E-state index in [4.69, 9.17) is 4.55 Å². The lowest BCUT2D eigenvalue weighted by Gasteiger charge is -2.05. The van der Waals surface area contributed by atoms with E-state index in [0.717, 1.165) is 0 Å². The number of rotatable bonds is 11. The monoisotopic (exact) mass is 422 g/mol. The zero-order chi connectivity index (χ0) is 22.3. The van der Waals surface area contributed by atoms with E-state index in [2.05, 4.69) is 27.4 Å². The van der Waals surface area contributed by atoms with Crippen LogP contribution in [0.15, 0.2) is 24.3 Å². The summed E-state index contributed by atoms with van der Waals surface area (Å²) >= 11 is 0. The predicted molar refractivity (Wildman–Crippen MR) is 98.8 cm³/mol. The van der Waals surface area contributed by atoms with E-state index in [1.807, 2.05) is 0 Å². The molecule has 0 aromatic carbocycles. The minimum Gasteiger partial charge on any atom is -0.462 e. The minimum atomic E-state index is -3.96. The molecule has 0 aromatic heterocycles. The fraction of sp³-hybridized carbons (Fsp3) is 0.529. The highest BCUT2D eigenvalue weighted by Gasteiger charge is 2.08. The van der Waals surface area contributed by atoms with Gasteiger partial charge in [0.1, 0.15) is 25.4 Å². The number of carbonyl (C=O) groups is 4. The van der Waals surface area contributed by atoms with Crippen molar-refractivity contribution >= 4 is 33.8 Å². The largest absolute Gasteiger partial charge is 0.462 e. The summed E-state index contributed by atoms with van der Waals surface area (Å²) in [6.07, 6.45) is -0.174. The number of esters is 3. The van der Waals surface area contributed by atoms with Crippen LogP contribution in [0.4, 0.5) is 0 Å². The van der Waals surface area contributed by atoms with Crippen LogP contribution >= 0.6 is 0 Å². The molecule has 0 aliphatic rings. The van der Waals surface area contributed by atoms with Gasteiger partial charge in [-0.25, -0.2) is 9.59 Å². The summed E-state index contributed by atoms with van der Waals surface area (Å²) in [5.74, 6) is -2.38. The van der Waals surface area contributed by atoms with E-state index in [0.29, 0.717) is 0 Å². The summed E-state index contributed by atoms with van der Waals surface area (Å²) in [6, 6.07) is 0. The molecule has 0 atom stereocenters. The molecule has 28 heavy (non-hydrogen) atoms. The van der Waals surface area contributed by atoms with Crippen LogP contribution in [-0.4, -0.2) is 62.2 Å². The van der Waals surface area contributed by atoms with Crippen molar-refractivity contribution in [3.05, 3.63) is 24.3 Å². The van der Waals surface area contributed by atoms with Crippen molar-refractivity contribution in [2.24, 2.45) is 0 Å². The van der Waals surface area contributed by atoms with E-state index >= 15 is 0 Å². The number of hydrogen-bond donors (Lipinski definition) is 1. The van der Waals surface area contributed by atoms with Crippen molar-refractivity contribution in [1.29, 1.82) is 0 Å². The Balaban J connectivity index is 0. The molecule has 0 aromatic rings. The molecule has 0 aliphatic heterocycles. The first-order valence-electron chi connectivity index (χ1n) is 8.01. The Morgan fingerprint density at radius 3 is 1.64 bits per heavy atom. The van der Waals surface area contributed by atoms with Crippen LogP contribution in [0.25, 0.3) is 0 Å². The molecular formula is C17H26O10S. The van der Waals surface area contributed by atoms with Gasteiger partial charge in [0.15, 0.2) is 0 Å². The van der Waals surface area contributed by atoms with Gasteiger partial charge in [0, 0.05) is 11.1 Å². The van der Waals surface area contributed by atoms with Crippen molar-refractivity contribution in [3.63, 3.8) is 0 Å². The van der Waals surface area contributed by atoms with Gasteiger partial charge < -0.3 is 14.2 Å². The van der Waals surface area contributed by atoms with Gasteiger partial charge in [-0.3, -0.25) is 14.1 Å². The van der Waals surface area contributed by atoms with Gasteiger partial charge in [-0.05, 0) is 27.2 Å². The zero-order valence-electron chi connectivity index (χ0n) is 16.2. The van der Waals surface area contributed by atoms with Gasteiger partial charge in [-0.2, -0.15) is 8.42 Å². The molecule has 0 bridgehead atoms. The van der Waals surface area contributed by atoms with Gasteiger partial charge in [0.25, 0.3) is 10.1 Å². The lowest BCUT2D eigenvalue weighted by Crippen LogP contribution is -2.15. The van der Waals surface area contributed by atoms with Gasteiger partial charge in [0.2, 0.25) is 0 Å². The number of ketones is 1. The third-order valence-electron chi connectivity index (χ3n) is 2.45. The fourth-order valence-corrected chi connectivity index (χ4v) is 1.68. The highest BCUT2D eigenvalue weighted by molar-refractivity contribution is 7.85. The Bertz CT molecular complexity index is 691. The smallest absolute Gasteiger partial charge is 0.333 e. The standard InChI is InChI=1S/C10H14O5.C7H12O5S/c1-7(2)10(13)15-5-4-14-9(12)6-8(3)11;1-6(2)7(8)12-4-3-5-13(9,10)11/h1,4-6H2,2-3H3;1,3-5H2,2H3,(H,9,10,11). The average Bonchev–Trinajstić information content (AvgIpc) is 2.54. The molecule has 0 heterocycles. The highest BCUT2D eigenvalue weighted by Crippen LogP contribution is 1.95. The van der Waals surface area contributed by atoms with Crippen molar-refractivity contribution in [2.75, 3.05) is 25.6 Å². The summed E-state index contributed by atoms with van der Waals surface area (Å²) in [5, 5.41) is 0. The van der Waals surface area contributed by atoms with Crippen LogP contribution in [0, 0.1) is 0 Å². The van der Waals surface area contributed by atoms with Crippen LogP contribution in [0.2, 0.25) is 0 Å². The predicted octanol–water partition coefficient (Wildman–Crippen LogP) is 1.01. The SMILES string of the molecule is C=C(C)C(=O)OCCCS(=O)(=O)O.C=C(C)C(=O)OCCOC(=O)CC(C)=O. The second kappa shape index (κ2) is 14.5. The summed E-state index contributed by atoms with van der Waals surface area (Å²) in [7, 11) is -3.96. The van der Waals surface area contributed by atoms with Gasteiger partial charge in [0.05, 0.1) is 12.4 Å². The van der Waals surface area contributed by atoms with Crippen LogP contribution in [0.5, 0.6) is 0 Å². The molecular weight excluding hydrogens is 396 g/mol. The summed E-state index contributed by atoms with van der Waals surface area (Å²) in [5.41, 5.74) is 0.539. The quantitative estimate of drug-likeness (QED) is 0.128. The Labute approximate surface area is 164 Å². The molecule has 0 fully saturated rings. The topological polar surface area (TPSA) is 150 Å². The van der Waals surface area contributed by atoms with Gasteiger partial charge in [-0.1, -0.05) is 13.2 Å². The Morgan fingerprint density at radius 2 is 1.25 bits per heavy atom. The van der Waals surface area contributed by atoms with Crippen LogP contribution in [0.1, 0.15) is 33.6 Å². The lowest BCUT2D eigenvalue weighted by molar-refractivity contribution is -0.151. The Kier molecular flexibility index (Phi) is 14.4.